The van der Waals surface area contributed by atoms with E-state index >= 15 is 0 Å². The zero-order valence-electron chi connectivity index (χ0n) is 9.32. The van der Waals surface area contributed by atoms with Crippen LogP contribution in [0.4, 0.5) is 0 Å². The van der Waals surface area contributed by atoms with E-state index in [1.165, 1.54) is 31.2 Å². The summed E-state index contributed by atoms with van der Waals surface area (Å²) in [5.74, 6) is 1.63. The summed E-state index contributed by atoms with van der Waals surface area (Å²) < 4.78 is 0. The number of carbonyl (C=O) groups is 1. The fourth-order valence-electron chi connectivity index (χ4n) is 2.99. The topological polar surface area (TPSA) is 17.1 Å². The molecule has 1 aromatic carbocycles. The molecule has 2 unspecified atom stereocenters. The lowest BCUT2D eigenvalue weighted by atomic mass is 9.81. The van der Waals surface area contributed by atoms with Crippen molar-refractivity contribution in [1.29, 1.82) is 0 Å². The van der Waals surface area contributed by atoms with Gasteiger partial charge in [-0.3, -0.25) is 4.79 Å². The number of Topliss-reactive ketones (excluding diaryl/α,β-unsaturated/α-hetero) is 1. The second-order valence-corrected chi connectivity index (χ2v) is 5.98. The SMILES string of the molecule is O=C1CSC2CCCCC2c2ccccc21. The van der Waals surface area contributed by atoms with E-state index in [1.54, 1.807) is 0 Å². The molecule has 2 aliphatic rings. The van der Waals surface area contributed by atoms with E-state index in [2.05, 4.69) is 12.1 Å². The maximum absolute atomic E-state index is 12.0. The van der Waals surface area contributed by atoms with Crippen LogP contribution < -0.4 is 0 Å². The van der Waals surface area contributed by atoms with Crippen molar-refractivity contribution in [3.8, 4) is 0 Å². The van der Waals surface area contributed by atoms with Crippen LogP contribution in [0.2, 0.25) is 0 Å². The van der Waals surface area contributed by atoms with Gasteiger partial charge in [0.25, 0.3) is 0 Å². The predicted octanol–water partition coefficient (Wildman–Crippen LogP) is 3.64. The van der Waals surface area contributed by atoms with E-state index in [4.69, 9.17) is 0 Å². The first-order valence-corrected chi connectivity index (χ1v) is 7.15. The highest BCUT2D eigenvalue weighted by molar-refractivity contribution is 8.00. The fourth-order valence-corrected chi connectivity index (χ4v) is 4.36. The third-order valence-electron chi connectivity index (χ3n) is 3.79. The summed E-state index contributed by atoms with van der Waals surface area (Å²) in [4.78, 5) is 12.0. The minimum absolute atomic E-state index is 0.329. The first kappa shape index (κ1) is 10.4. The number of fused-ring (bicyclic) bond motifs is 3. The molecule has 1 aromatic rings. The van der Waals surface area contributed by atoms with Crippen LogP contribution in [0.1, 0.15) is 47.5 Å². The first-order valence-electron chi connectivity index (χ1n) is 6.10. The number of hydrogen-bond donors (Lipinski definition) is 0. The lowest BCUT2D eigenvalue weighted by molar-refractivity contribution is 0.102. The van der Waals surface area contributed by atoms with Gasteiger partial charge in [0.2, 0.25) is 0 Å². The molecule has 1 heterocycles. The molecule has 0 bridgehead atoms. The second kappa shape index (κ2) is 4.25. The smallest absolute Gasteiger partial charge is 0.173 e. The molecule has 1 fully saturated rings. The van der Waals surface area contributed by atoms with Gasteiger partial charge in [-0.15, -0.1) is 11.8 Å². The number of hydrogen-bond acceptors (Lipinski definition) is 2. The van der Waals surface area contributed by atoms with Crippen molar-refractivity contribution < 1.29 is 4.79 Å². The van der Waals surface area contributed by atoms with Crippen LogP contribution in [0, 0.1) is 0 Å². The minimum Gasteiger partial charge on any atom is -0.293 e. The Morgan fingerprint density at radius 1 is 1.12 bits per heavy atom. The van der Waals surface area contributed by atoms with E-state index in [9.17, 15) is 4.79 Å². The van der Waals surface area contributed by atoms with Gasteiger partial charge in [0, 0.05) is 10.8 Å². The minimum atomic E-state index is 0.329. The van der Waals surface area contributed by atoms with Crippen molar-refractivity contribution in [3.63, 3.8) is 0 Å². The highest BCUT2D eigenvalue weighted by atomic mass is 32.2. The predicted molar refractivity (Wildman–Crippen MR) is 68.2 cm³/mol. The molecule has 0 N–H and O–H groups in total. The van der Waals surface area contributed by atoms with Crippen LogP contribution in [-0.4, -0.2) is 16.8 Å². The zero-order valence-corrected chi connectivity index (χ0v) is 10.1. The van der Waals surface area contributed by atoms with Gasteiger partial charge in [0.1, 0.15) is 0 Å². The summed E-state index contributed by atoms with van der Waals surface area (Å²) >= 11 is 1.88. The summed E-state index contributed by atoms with van der Waals surface area (Å²) in [7, 11) is 0. The molecule has 0 aromatic heterocycles. The molecule has 0 radical (unpaired) electrons. The Morgan fingerprint density at radius 2 is 1.94 bits per heavy atom. The zero-order chi connectivity index (χ0) is 11.0. The van der Waals surface area contributed by atoms with Crippen LogP contribution in [-0.2, 0) is 0 Å². The number of thioether (sulfide) groups is 1. The van der Waals surface area contributed by atoms with Gasteiger partial charge in [0.15, 0.2) is 5.78 Å². The largest absolute Gasteiger partial charge is 0.293 e. The molecule has 1 aliphatic heterocycles. The number of rotatable bonds is 0. The molecule has 1 nitrogen and oxygen atoms in total. The van der Waals surface area contributed by atoms with Crippen molar-refractivity contribution in [2.45, 2.75) is 36.9 Å². The summed E-state index contributed by atoms with van der Waals surface area (Å²) in [6, 6.07) is 8.25. The lowest BCUT2D eigenvalue weighted by Crippen LogP contribution is -2.19. The van der Waals surface area contributed by atoms with E-state index in [1.807, 2.05) is 23.9 Å². The Balaban J connectivity index is 2.06. The van der Waals surface area contributed by atoms with Crippen molar-refractivity contribution in [2.75, 3.05) is 5.75 Å². The maximum Gasteiger partial charge on any atom is 0.173 e. The molecule has 2 heteroatoms. The van der Waals surface area contributed by atoms with Crippen molar-refractivity contribution >= 4 is 17.5 Å². The van der Waals surface area contributed by atoms with Crippen LogP contribution in [0.3, 0.4) is 0 Å². The number of benzene rings is 1. The number of ketones is 1. The van der Waals surface area contributed by atoms with Crippen LogP contribution in [0.25, 0.3) is 0 Å². The van der Waals surface area contributed by atoms with Gasteiger partial charge in [-0.05, 0) is 24.3 Å². The Labute approximate surface area is 101 Å². The quantitative estimate of drug-likeness (QED) is 0.679. The van der Waals surface area contributed by atoms with Gasteiger partial charge in [0.05, 0.1) is 5.75 Å². The average molecular weight is 232 g/mol. The summed E-state index contributed by atoms with van der Waals surface area (Å²) in [5.41, 5.74) is 2.31. The normalized spacial score (nSPS) is 29.1. The van der Waals surface area contributed by atoms with Gasteiger partial charge < -0.3 is 0 Å². The molecular formula is C14H16OS. The molecule has 1 saturated carbocycles. The Morgan fingerprint density at radius 3 is 2.88 bits per heavy atom. The first-order chi connectivity index (χ1) is 7.86. The van der Waals surface area contributed by atoms with E-state index in [0.29, 0.717) is 22.7 Å². The van der Waals surface area contributed by atoms with Crippen molar-refractivity contribution in [1.82, 2.24) is 0 Å². The lowest BCUT2D eigenvalue weighted by Gasteiger charge is -2.30. The molecule has 0 spiro atoms. The molecule has 0 saturated heterocycles. The van der Waals surface area contributed by atoms with E-state index in [-0.39, 0.29) is 0 Å². The average Bonchev–Trinajstić information content (AvgIpc) is 2.49. The van der Waals surface area contributed by atoms with Gasteiger partial charge in [-0.1, -0.05) is 37.1 Å². The van der Waals surface area contributed by atoms with Gasteiger partial charge in [-0.25, -0.2) is 0 Å². The molecule has 0 amide bonds. The highest BCUT2D eigenvalue weighted by Gasteiger charge is 2.32. The third-order valence-corrected chi connectivity index (χ3v) is 5.21. The molecule has 1 aliphatic carbocycles. The number of carbonyl (C=O) groups excluding carboxylic acids is 1. The van der Waals surface area contributed by atoms with E-state index in [0.717, 1.165) is 5.56 Å². The van der Waals surface area contributed by atoms with Gasteiger partial charge in [-0.2, -0.15) is 0 Å². The monoisotopic (exact) mass is 232 g/mol. The standard InChI is InChI=1S/C14H16OS/c15-13-9-16-14-8-4-3-7-12(14)10-5-1-2-6-11(10)13/h1-2,5-6,12,14H,3-4,7-9H2. The second-order valence-electron chi connectivity index (χ2n) is 4.75. The van der Waals surface area contributed by atoms with Crippen molar-refractivity contribution in [3.05, 3.63) is 35.4 Å². The Hall–Kier alpha value is -0.760. The van der Waals surface area contributed by atoms with Crippen molar-refractivity contribution in [2.24, 2.45) is 0 Å². The molecule has 2 atom stereocenters. The fraction of sp³-hybridized carbons (Fsp3) is 0.500. The van der Waals surface area contributed by atoms with E-state index < -0.39 is 0 Å². The van der Waals surface area contributed by atoms with Crippen LogP contribution in [0.5, 0.6) is 0 Å². The Kier molecular flexibility index (Phi) is 2.76. The molecule has 3 rings (SSSR count). The van der Waals surface area contributed by atoms with Gasteiger partial charge >= 0.3 is 0 Å². The highest BCUT2D eigenvalue weighted by Crippen LogP contribution is 2.43. The third kappa shape index (κ3) is 1.69. The molecular weight excluding hydrogens is 216 g/mol. The summed E-state index contributed by atoms with van der Waals surface area (Å²) in [6.07, 6.45) is 5.22. The van der Waals surface area contributed by atoms with Crippen LogP contribution in [0.15, 0.2) is 24.3 Å². The molecule has 16 heavy (non-hydrogen) atoms. The summed E-state index contributed by atoms with van der Waals surface area (Å²) in [5, 5.41) is 0.682. The Bertz CT molecular complexity index is 413. The molecule has 84 valence electrons. The summed E-state index contributed by atoms with van der Waals surface area (Å²) in [6.45, 7) is 0. The van der Waals surface area contributed by atoms with Crippen LogP contribution >= 0.6 is 11.8 Å². The maximum atomic E-state index is 12.0.